The van der Waals surface area contributed by atoms with Gasteiger partial charge in [0.1, 0.15) is 12.2 Å². The van der Waals surface area contributed by atoms with Crippen LogP contribution in [0, 0.1) is 5.92 Å². The average Bonchev–Trinajstić information content (AvgIpc) is 3.24. The van der Waals surface area contributed by atoms with E-state index in [1.54, 1.807) is 11.0 Å². The number of nitrogens with one attached hydrogen (secondary N) is 1. The van der Waals surface area contributed by atoms with E-state index in [-0.39, 0.29) is 24.0 Å². The van der Waals surface area contributed by atoms with Crippen LogP contribution in [0.25, 0.3) is 0 Å². The molecule has 0 amide bonds. The molecular formula is C17H25IN6. The maximum atomic E-state index is 4.37. The van der Waals surface area contributed by atoms with Gasteiger partial charge in [0, 0.05) is 27.7 Å². The number of benzene rings is 1. The molecule has 0 radical (unpaired) electrons. The summed E-state index contributed by atoms with van der Waals surface area (Å²) in [4.78, 5) is 10.7. The van der Waals surface area contributed by atoms with Crippen molar-refractivity contribution < 1.29 is 0 Å². The Morgan fingerprint density at radius 2 is 2.12 bits per heavy atom. The Hall–Kier alpha value is -1.64. The third-order valence-corrected chi connectivity index (χ3v) is 4.43. The van der Waals surface area contributed by atoms with Gasteiger partial charge in [0.15, 0.2) is 5.96 Å². The van der Waals surface area contributed by atoms with E-state index >= 15 is 0 Å². The Labute approximate surface area is 160 Å². The summed E-state index contributed by atoms with van der Waals surface area (Å²) in [5, 5.41) is 7.58. The lowest BCUT2D eigenvalue weighted by atomic mass is 10.1. The lowest BCUT2D eigenvalue weighted by molar-refractivity contribution is 0.447. The van der Waals surface area contributed by atoms with Crippen LogP contribution >= 0.6 is 24.0 Å². The molecule has 0 spiro atoms. The fourth-order valence-electron chi connectivity index (χ4n) is 2.94. The largest absolute Gasteiger partial charge is 0.356 e. The molecule has 0 bridgehead atoms. The van der Waals surface area contributed by atoms with Gasteiger partial charge in [-0.05, 0) is 23.8 Å². The second-order valence-corrected chi connectivity index (χ2v) is 6.10. The van der Waals surface area contributed by atoms with Crippen LogP contribution < -0.4 is 5.32 Å². The van der Waals surface area contributed by atoms with E-state index in [9.17, 15) is 0 Å². The summed E-state index contributed by atoms with van der Waals surface area (Å²) in [6.07, 6.45) is 2.83. The highest BCUT2D eigenvalue weighted by atomic mass is 127. The predicted octanol–water partition coefficient (Wildman–Crippen LogP) is 2.24. The fraction of sp³-hybridized carbons (Fsp3) is 0.471. The van der Waals surface area contributed by atoms with Gasteiger partial charge >= 0.3 is 0 Å². The molecule has 1 N–H and O–H groups in total. The molecule has 0 aliphatic heterocycles. The van der Waals surface area contributed by atoms with Crippen molar-refractivity contribution in [2.75, 3.05) is 20.6 Å². The minimum atomic E-state index is 0. The van der Waals surface area contributed by atoms with Gasteiger partial charge in [-0.1, -0.05) is 30.3 Å². The molecule has 2 atom stereocenters. The van der Waals surface area contributed by atoms with Crippen molar-refractivity contribution >= 4 is 29.9 Å². The van der Waals surface area contributed by atoms with Crippen molar-refractivity contribution in [3.05, 3.63) is 48.0 Å². The molecule has 1 aliphatic carbocycles. The Balaban J connectivity index is 0.00000208. The van der Waals surface area contributed by atoms with Crippen LogP contribution in [0.3, 0.4) is 0 Å². The Morgan fingerprint density at radius 1 is 1.38 bits per heavy atom. The number of aromatic nitrogens is 3. The molecule has 7 heteroatoms. The van der Waals surface area contributed by atoms with Crippen molar-refractivity contribution in [1.29, 1.82) is 0 Å². The molecule has 1 saturated carbocycles. The first-order valence-electron chi connectivity index (χ1n) is 7.98. The summed E-state index contributed by atoms with van der Waals surface area (Å²) in [6.45, 7) is 1.64. The van der Waals surface area contributed by atoms with Crippen LogP contribution in [0.2, 0.25) is 0 Å². The minimum absolute atomic E-state index is 0. The molecule has 3 rings (SSSR count). The van der Waals surface area contributed by atoms with Gasteiger partial charge in [0.25, 0.3) is 0 Å². The minimum Gasteiger partial charge on any atom is -0.356 e. The fourth-order valence-corrected chi connectivity index (χ4v) is 2.94. The molecule has 1 aromatic carbocycles. The standard InChI is InChI=1S/C17H24N6.HI/c1-18-17(22(2)11-16-20-12-21-23(16)3)19-10-14-9-15(14)13-7-5-4-6-8-13;/h4-8,12,14-15H,9-11H2,1-3H3,(H,18,19);1H. The van der Waals surface area contributed by atoms with Gasteiger partial charge in [0.2, 0.25) is 0 Å². The van der Waals surface area contributed by atoms with E-state index in [0.29, 0.717) is 18.4 Å². The number of hydrogen-bond donors (Lipinski definition) is 1. The normalized spacial score (nSPS) is 19.5. The number of aliphatic imine (C=N–C) groups is 1. The van der Waals surface area contributed by atoms with E-state index in [1.165, 1.54) is 12.0 Å². The second kappa shape index (κ2) is 8.46. The number of nitrogens with zero attached hydrogens (tertiary/aromatic N) is 5. The Morgan fingerprint density at radius 3 is 2.75 bits per heavy atom. The first-order valence-corrected chi connectivity index (χ1v) is 7.98. The monoisotopic (exact) mass is 440 g/mol. The molecule has 6 nitrogen and oxygen atoms in total. The maximum Gasteiger partial charge on any atom is 0.193 e. The van der Waals surface area contributed by atoms with Gasteiger partial charge in [-0.15, -0.1) is 24.0 Å². The van der Waals surface area contributed by atoms with E-state index in [1.807, 2.05) is 21.1 Å². The van der Waals surface area contributed by atoms with Crippen LogP contribution in [0.5, 0.6) is 0 Å². The lowest BCUT2D eigenvalue weighted by Crippen LogP contribution is -2.40. The van der Waals surface area contributed by atoms with Crippen LogP contribution in [0.4, 0.5) is 0 Å². The molecule has 24 heavy (non-hydrogen) atoms. The number of guanidine groups is 1. The molecule has 1 heterocycles. The number of halogens is 1. The third kappa shape index (κ3) is 4.46. The average molecular weight is 440 g/mol. The quantitative estimate of drug-likeness (QED) is 0.440. The van der Waals surface area contributed by atoms with Crippen molar-refractivity contribution in [2.45, 2.75) is 18.9 Å². The van der Waals surface area contributed by atoms with Crippen molar-refractivity contribution in [1.82, 2.24) is 25.0 Å². The van der Waals surface area contributed by atoms with Gasteiger partial charge < -0.3 is 10.2 Å². The van der Waals surface area contributed by atoms with Gasteiger partial charge in [-0.25, -0.2) is 4.98 Å². The molecule has 2 unspecified atom stereocenters. The van der Waals surface area contributed by atoms with E-state index in [0.717, 1.165) is 18.3 Å². The molecule has 1 aromatic heterocycles. The van der Waals surface area contributed by atoms with Gasteiger partial charge in [-0.2, -0.15) is 5.10 Å². The van der Waals surface area contributed by atoms with Crippen LogP contribution in [-0.2, 0) is 13.6 Å². The summed E-state index contributed by atoms with van der Waals surface area (Å²) in [5.41, 5.74) is 1.45. The zero-order valence-corrected chi connectivity index (χ0v) is 16.7. The summed E-state index contributed by atoms with van der Waals surface area (Å²) in [7, 11) is 5.74. The van der Waals surface area contributed by atoms with Crippen LogP contribution in [0.1, 0.15) is 23.7 Å². The molecule has 0 saturated heterocycles. The van der Waals surface area contributed by atoms with Crippen molar-refractivity contribution in [3.63, 3.8) is 0 Å². The first-order chi connectivity index (χ1) is 11.2. The zero-order chi connectivity index (χ0) is 16.2. The van der Waals surface area contributed by atoms with Crippen LogP contribution in [0.15, 0.2) is 41.7 Å². The van der Waals surface area contributed by atoms with Gasteiger partial charge in [0.05, 0.1) is 6.54 Å². The molecular weight excluding hydrogens is 415 g/mol. The Bertz CT molecular complexity index is 669. The van der Waals surface area contributed by atoms with E-state index in [4.69, 9.17) is 0 Å². The number of hydrogen-bond acceptors (Lipinski definition) is 3. The topological polar surface area (TPSA) is 58.3 Å². The van der Waals surface area contributed by atoms with E-state index in [2.05, 4.69) is 55.6 Å². The summed E-state index contributed by atoms with van der Waals surface area (Å²) >= 11 is 0. The summed E-state index contributed by atoms with van der Waals surface area (Å²) in [5.74, 6) is 3.19. The first kappa shape index (κ1) is 18.7. The van der Waals surface area contributed by atoms with Crippen molar-refractivity contribution in [2.24, 2.45) is 18.0 Å². The second-order valence-electron chi connectivity index (χ2n) is 6.10. The van der Waals surface area contributed by atoms with Crippen LogP contribution in [-0.4, -0.2) is 46.3 Å². The number of aryl methyl sites for hydroxylation is 1. The predicted molar refractivity (Wildman–Crippen MR) is 107 cm³/mol. The lowest BCUT2D eigenvalue weighted by Gasteiger charge is -2.21. The smallest absolute Gasteiger partial charge is 0.193 e. The van der Waals surface area contributed by atoms with E-state index < -0.39 is 0 Å². The summed E-state index contributed by atoms with van der Waals surface area (Å²) < 4.78 is 1.79. The highest BCUT2D eigenvalue weighted by Gasteiger charge is 2.37. The molecule has 130 valence electrons. The maximum absolute atomic E-state index is 4.37. The van der Waals surface area contributed by atoms with Gasteiger partial charge in [-0.3, -0.25) is 9.67 Å². The van der Waals surface area contributed by atoms with Crippen molar-refractivity contribution in [3.8, 4) is 0 Å². The highest BCUT2D eigenvalue weighted by Crippen LogP contribution is 2.46. The highest BCUT2D eigenvalue weighted by molar-refractivity contribution is 14.0. The SMILES string of the molecule is CN=C(NCC1CC1c1ccccc1)N(C)Cc1ncnn1C.I. The number of rotatable bonds is 5. The third-order valence-electron chi connectivity index (χ3n) is 4.43. The molecule has 1 fully saturated rings. The zero-order valence-electron chi connectivity index (χ0n) is 14.4. The molecule has 1 aliphatic rings. The summed E-state index contributed by atoms with van der Waals surface area (Å²) in [6, 6.07) is 10.7. The molecule has 2 aromatic rings. The Kier molecular flexibility index (Phi) is 6.59.